The molecule has 7 heteroatoms. The van der Waals surface area contributed by atoms with Crippen molar-refractivity contribution in [1.29, 1.82) is 0 Å². The van der Waals surface area contributed by atoms with Crippen molar-refractivity contribution in [1.82, 2.24) is 9.21 Å². The third-order valence-electron chi connectivity index (χ3n) is 6.56. The molecule has 1 aliphatic rings. The smallest absolute Gasteiger partial charge is 0.247 e. The highest BCUT2D eigenvalue weighted by atomic mass is 32.2. The van der Waals surface area contributed by atoms with Crippen molar-refractivity contribution in [2.24, 2.45) is 5.92 Å². The number of ether oxygens (including phenoxy) is 1. The summed E-state index contributed by atoms with van der Waals surface area (Å²) in [4.78, 5) is 2.34. The van der Waals surface area contributed by atoms with Gasteiger partial charge in [-0.1, -0.05) is 73.7 Å². The first-order chi connectivity index (χ1) is 16.8. The summed E-state index contributed by atoms with van der Waals surface area (Å²) < 4.78 is 35.3. The molecule has 0 unspecified atom stereocenters. The van der Waals surface area contributed by atoms with Gasteiger partial charge in [0.15, 0.2) is 0 Å². The van der Waals surface area contributed by atoms with Gasteiger partial charge in [0.25, 0.3) is 0 Å². The summed E-state index contributed by atoms with van der Waals surface area (Å²) in [5, 5.41) is 9.84. The van der Waals surface area contributed by atoms with Crippen molar-refractivity contribution >= 4 is 10.0 Å². The highest BCUT2D eigenvalue weighted by Gasteiger charge is 2.38. The van der Waals surface area contributed by atoms with Gasteiger partial charge in [0.1, 0.15) is 16.7 Å². The minimum absolute atomic E-state index is 0.0921. The van der Waals surface area contributed by atoms with Crippen LogP contribution in [-0.4, -0.2) is 61.6 Å². The molecule has 3 aromatic carbocycles. The lowest BCUT2D eigenvalue weighted by Gasteiger charge is -2.37. The van der Waals surface area contributed by atoms with Gasteiger partial charge in [-0.15, -0.1) is 0 Å². The Hall–Kier alpha value is -2.71. The average molecular weight is 495 g/mol. The van der Waals surface area contributed by atoms with Gasteiger partial charge in [0.05, 0.1) is 6.61 Å². The monoisotopic (exact) mass is 494 g/mol. The minimum atomic E-state index is -3.85. The van der Waals surface area contributed by atoms with Crippen LogP contribution in [0, 0.1) is 5.92 Å². The van der Waals surface area contributed by atoms with Crippen LogP contribution in [0.15, 0.2) is 83.8 Å². The van der Waals surface area contributed by atoms with E-state index in [1.165, 1.54) is 9.87 Å². The zero-order valence-electron chi connectivity index (χ0n) is 20.5. The van der Waals surface area contributed by atoms with Gasteiger partial charge in [-0.2, -0.15) is 4.31 Å². The van der Waals surface area contributed by atoms with E-state index in [9.17, 15) is 13.5 Å². The second kappa shape index (κ2) is 10.9. The van der Waals surface area contributed by atoms with Crippen molar-refractivity contribution in [2.75, 3.05) is 26.7 Å². The van der Waals surface area contributed by atoms with Gasteiger partial charge >= 0.3 is 0 Å². The van der Waals surface area contributed by atoms with Crippen LogP contribution in [-0.2, 0) is 16.6 Å². The average Bonchev–Trinajstić information content (AvgIpc) is 2.86. The molecule has 0 saturated heterocycles. The molecular weight excluding hydrogens is 460 g/mol. The Balaban J connectivity index is 1.72. The summed E-state index contributed by atoms with van der Waals surface area (Å²) in [5.74, 6) is 0.261. The number of aliphatic hydroxyl groups is 1. The van der Waals surface area contributed by atoms with E-state index in [1.807, 2.05) is 74.6 Å². The number of sulfonamides is 1. The molecule has 186 valence electrons. The van der Waals surface area contributed by atoms with Gasteiger partial charge in [0.2, 0.25) is 10.0 Å². The maximum atomic E-state index is 13.7. The lowest BCUT2D eigenvalue weighted by Crippen LogP contribution is -2.49. The SMILES string of the molecule is C[C@H]1CN([C@@H](C)CO)S(=O)(=O)c2ccc(-c3ccccc3)cc2O[C@@H]1CN(C)Cc1ccccc1. The molecule has 3 aromatic rings. The molecule has 0 fully saturated rings. The van der Waals surface area contributed by atoms with Gasteiger partial charge in [-0.05, 0) is 42.8 Å². The van der Waals surface area contributed by atoms with E-state index in [1.54, 1.807) is 13.0 Å². The van der Waals surface area contributed by atoms with Crippen LogP contribution < -0.4 is 4.74 Å². The molecular formula is C28H34N2O4S. The highest BCUT2D eigenvalue weighted by Crippen LogP contribution is 2.36. The first-order valence-corrected chi connectivity index (χ1v) is 13.4. The predicted octanol–water partition coefficient (Wildman–Crippen LogP) is 4.25. The van der Waals surface area contributed by atoms with E-state index >= 15 is 0 Å². The minimum Gasteiger partial charge on any atom is -0.487 e. The third-order valence-corrected chi connectivity index (χ3v) is 8.58. The molecule has 0 saturated carbocycles. The lowest BCUT2D eigenvalue weighted by atomic mass is 10.0. The zero-order valence-corrected chi connectivity index (χ0v) is 21.4. The van der Waals surface area contributed by atoms with E-state index in [0.29, 0.717) is 12.3 Å². The summed E-state index contributed by atoms with van der Waals surface area (Å²) in [6.07, 6.45) is -0.239. The predicted molar refractivity (Wildman–Crippen MR) is 139 cm³/mol. The molecule has 3 atom stereocenters. The third kappa shape index (κ3) is 5.76. The number of nitrogens with zero attached hydrogens (tertiary/aromatic N) is 2. The molecule has 0 radical (unpaired) electrons. The van der Waals surface area contributed by atoms with Gasteiger partial charge in [-0.3, -0.25) is 4.90 Å². The first-order valence-electron chi connectivity index (χ1n) is 12.0. The fourth-order valence-corrected chi connectivity index (χ4v) is 6.35. The number of rotatable bonds is 7. The molecule has 6 nitrogen and oxygen atoms in total. The summed E-state index contributed by atoms with van der Waals surface area (Å²) in [5.41, 5.74) is 3.09. The van der Waals surface area contributed by atoms with Crippen molar-refractivity contribution in [3.63, 3.8) is 0 Å². The quantitative estimate of drug-likeness (QED) is 0.532. The second-order valence-electron chi connectivity index (χ2n) is 9.45. The molecule has 1 heterocycles. The number of hydrogen-bond donors (Lipinski definition) is 1. The molecule has 35 heavy (non-hydrogen) atoms. The van der Waals surface area contributed by atoms with E-state index in [4.69, 9.17) is 4.74 Å². The molecule has 1 aliphatic heterocycles. The fraction of sp³-hybridized carbons (Fsp3) is 0.357. The largest absolute Gasteiger partial charge is 0.487 e. The van der Waals surface area contributed by atoms with Crippen LogP contribution in [0.2, 0.25) is 0 Å². The van der Waals surface area contributed by atoms with Crippen LogP contribution in [0.5, 0.6) is 5.75 Å². The van der Waals surface area contributed by atoms with E-state index in [0.717, 1.165) is 17.7 Å². The molecule has 0 aromatic heterocycles. The van der Waals surface area contributed by atoms with Crippen molar-refractivity contribution in [3.05, 3.63) is 84.4 Å². The summed E-state index contributed by atoms with van der Waals surface area (Å²) in [6, 6.07) is 24.8. The lowest BCUT2D eigenvalue weighted by molar-refractivity contribution is 0.0734. The topological polar surface area (TPSA) is 70.1 Å². The number of benzene rings is 3. The van der Waals surface area contributed by atoms with E-state index < -0.39 is 16.1 Å². The van der Waals surface area contributed by atoms with Gasteiger partial charge in [0, 0.05) is 31.6 Å². The van der Waals surface area contributed by atoms with Crippen molar-refractivity contribution < 1.29 is 18.3 Å². The summed E-state index contributed by atoms with van der Waals surface area (Å²) in [7, 11) is -1.80. The normalized spacial score (nSPS) is 20.9. The first kappa shape index (κ1) is 25.4. The molecule has 4 rings (SSSR count). The van der Waals surface area contributed by atoms with Gasteiger partial charge in [-0.25, -0.2) is 8.42 Å². The van der Waals surface area contributed by atoms with Crippen molar-refractivity contribution in [2.45, 2.75) is 37.4 Å². The number of likely N-dealkylation sites (N-methyl/N-ethyl adjacent to an activating group) is 1. The van der Waals surface area contributed by atoms with Gasteiger partial charge < -0.3 is 9.84 Å². The van der Waals surface area contributed by atoms with E-state index in [2.05, 4.69) is 17.0 Å². The second-order valence-corrected chi connectivity index (χ2v) is 11.3. The Morgan fingerprint density at radius 3 is 2.34 bits per heavy atom. The Morgan fingerprint density at radius 2 is 1.69 bits per heavy atom. The molecule has 0 amide bonds. The van der Waals surface area contributed by atoms with Crippen LogP contribution in [0.1, 0.15) is 19.4 Å². The summed E-state index contributed by atoms with van der Waals surface area (Å²) >= 11 is 0. The van der Waals surface area contributed by atoms with E-state index in [-0.39, 0.29) is 30.1 Å². The Morgan fingerprint density at radius 1 is 1.03 bits per heavy atom. The standard InChI is InChI=1S/C28H34N2O4S/c1-21-17-30(22(2)20-31)35(32,33)28-15-14-25(24-12-8-5-9-13-24)16-26(28)34-27(21)19-29(3)18-23-10-6-4-7-11-23/h4-16,21-22,27,31H,17-20H2,1-3H3/t21-,22-,27+/m0/s1. The Labute approximate surface area is 208 Å². The van der Waals surface area contributed by atoms with Crippen LogP contribution in [0.4, 0.5) is 0 Å². The molecule has 0 bridgehead atoms. The van der Waals surface area contributed by atoms with Crippen molar-refractivity contribution in [3.8, 4) is 16.9 Å². The van der Waals surface area contributed by atoms with Crippen LogP contribution >= 0.6 is 0 Å². The molecule has 0 aliphatic carbocycles. The zero-order chi connectivity index (χ0) is 25.0. The van der Waals surface area contributed by atoms with Crippen LogP contribution in [0.3, 0.4) is 0 Å². The highest BCUT2D eigenvalue weighted by molar-refractivity contribution is 7.89. The maximum absolute atomic E-state index is 13.7. The molecule has 0 spiro atoms. The Kier molecular flexibility index (Phi) is 7.91. The molecule has 1 N–H and O–H groups in total. The maximum Gasteiger partial charge on any atom is 0.247 e. The fourth-order valence-electron chi connectivity index (χ4n) is 4.52. The summed E-state index contributed by atoms with van der Waals surface area (Å²) in [6.45, 7) is 5.17. The number of hydrogen-bond acceptors (Lipinski definition) is 5. The number of fused-ring (bicyclic) bond motifs is 1. The van der Waals surface area contributed by atoms with Crippen LogP contribution in [0.25, 0.3) is 11.1 Å². The number of aliphatic hydroxyl groups excluding tert-OH is 1. The Bertz CT molecular complexity index is 1220.